The smallest absolute Gasteiger partial charge is 0.387 e. The molecule has 3 rings (SSSR count). The predicted molar refractivity (Wildman–Crippen MR) is 78.2 cm³/mol. The molecule has 2 aromatic rings. The second-order valence-corrected chi connectivity index (χ2v) is 6.33. The molecule has 132 valence electrons. The molecule has 1 unspecified atom stereocenters. The van der Waals surface area contributed by atoms with Crippen LogP contribution in [0.3, 0.4) is 0 Å². The summed E-state index contributed by atoms with van der Waals surface area (Å²) in [4.78, 5) is 29.6. The highest BCUT2D eigenvalue weighted by Gasteiger charge is 2.50. The van der Waals surface area contributed by atoms with Crippen molar-refractivity contribution in [1.82, 2.24) is 19.5 Å². The van der Waals surface area contributed by atoms with E-state index in [9.17, 15) is 14.8 Å². The molecule has 3 heterocycles. The van der Waals surface area contributed by atoms with Crippen molar-refractivity contribution < 1.29 is 38.0 Å². The Hall–Kier alpha value is -1.15. The number of rotatable bonds is 5. The van der Waals surface area contributed by atoms with Crippen LogP contribution in [-0.4, -0.2) is 64.1 Å². The fourth-order valence-corrected chi connectivity index (χ4v) is 3.05. The van der Waals surface area contributed by atoms with E-state index in [1.165, 1.54) is 23.4 Å². The highest BCUT2D eigenvalue weighted by Crippen LogP contribution is 2.42. The van der Waals surface area contributed by atoms with E-state index in [0.717, 1.165) is 0 Å². The molecule has 0 saturated carbocycles. The third kappa shape index (κ3) is 3.31. The molecule has 14 heteroatoms. The standard InChI is InChI=1S/C10H13N4O8PS/c15-5-6(16)9(14-3-13-4-1-11-2-12-8(4)14)20-7(5)10(22-24)21-23(17,18)19/h1-3,5-7,9-10,15-16,24H,(H2,17,18,19)/t5-,6+,7-,9+,10?/m0/s1. The van der Waals surface area contributed by atoms with E-state index in [-0.39, 0.29) is 0 Å². The van der Waals surface area contributed by atoms with Gasteiger partial charge < -0.3 is 24.7 Å². The average molecular weight is 380 g/mol. The molecule has 1 aliphatic heterocycles. The van der Waals surface area contributed by atoms with Crippen LogP contribution in [0.15, 0.2) is 18.9 Å². The van der Waals surface area contributed by atoms with E-state index in [0.29, 0.717) is 11.2 Å². The minimum Gasteiger partial charge on any atom is -0.387 e. The van der Waals surface area contributed by atoms with Gasteiger partial charge in [-0.05, 0) is 12.9 Å². The Kier molecular flexibility index (Phi) is 4.88. The fourth-order valence-electron chi connectivity index (χ4n) is 2.39. The molecule has 0 bridgehead atoms. The SMILES string of the molecule is O=P(O)(O)OC(OS)[C@H]1O[C@@H](n2cnc3cncnc32)[C@H](O)[C@@H]1O. The monoisotopic (exact) mass is 380 g/mol. The van der Waals surface area contributed by atoms with Gasteiger partial charge in [0.15, 0.2) is 11.9 Å². The lowest BCUT2D eigenvalue weighted by Gasteiger charge is -2.23. The number of hydrogen-bond acceptors (Lipinski definition) is 10. The lowest BCUT2D eigenvalue weighted by molar-refractivity contribution is -0.141. The number of fused-ring (bicyclic) bond motifs is 1. The summed E-state index contributed by atoms with van der Waals surface area (Å²) < 4.78 is 26.6. The Morgan fingerprint density at radius 2 is 2.08 bits per heavy atom. The quantitative estimate of drug-likeness (QED) is 0.182. The number of thiol groups is 1. The maximum atomic E-state index is 11.0. The Balaban J connectivity index is 1.88. The number of aromatic nitrogens is 4. The Labute approximate surface area is 139 Å². The lowest BCUT2D eigenvalue weighted by atomic mass is 10.1. The van der Waals surface area contributed by atoms with E-state index in [1.54, 1.807) is 0 Å². The van der Waals surface area contributed by atoms with Crippen molar-refractivity contribution in [2.24, 2.45) is 0 Å². The number of nitrogens with zero attached hydrogens (tertiary/aromatic N) is 4. The van der Waals surface area contributed by atoms with Gasteiger partial charge in [-0.15, -0.1) is 0 Å². The summed E-state index contributed by atoms with van der Waals surface area (Å²) in [6.45, 7) is 0. The van der Waals surface area contributed by atoms with Gasteiger partial charge in [-0.25, -0.2) is 19.5 Å². The largest absolute Gasteiger partial charge is 0.472 e. The van der Waals surface area contributed by atoms with Gasteiger partial charge in [-0.2, -0.15) is 0 Å². The zero-order chi connectivity index (χ0) is 17.5. The molecule has 0 amide bonds. The molecule has 1 saturated heterocycles. The molecular weight excluding hydrogens is 367 g/mol. The number of aliphatic hydroxyl groups is 2. The molecule has 24 heavy (non-hydrogen) atoms. The zero-order valence-electron chi connectivity index (χ0n) is 11.7. The van der Waals surface area contributed by atoms with Crippen LogP contribution >= 0.6 is 20.7 Å². The fraction of sp³-hybridized carbons (Fsp3) is 0.500. The van der Waals surface area contributed by atoms with Gasteiger partial charge in [-0.1, -0.05) is 0 Å². The van der Waals surface area contributed by atoms with Gasteiger partial charge in [0.25, 0.3) is 0 Å². The van der Waals surface area contributed by atoms with Crippen LogP contribution in [0.25, 0.3) is 11.2 Å². The topological polar surface area (TPSA) is 169 Å². The second kappa shape index (κ2) is 6.63. The summed E-state index contributed by atoms with van der Waals surface area (Å²) in [7, 11) is -4.94. The van der Waals surface area contributed by atoms with Gasteiger partial charge in [-0.3, -0.25) is 13.3 Å². The van der Waals surface area contributed by atoms with Crippen LogP contribution in [-0.2, 0) is 18.0 Å². The number of phosphoric acid groups is 1. The van der Waals surface area contributed by atoms with Crippen LogP contribution < -0.4 is 0 Å². The normalized spacial score (nSPS) is 29.2. The summed E-state index contributed by atoms with van der Waals surface area (Å²) in [5.41, 5.74) is 0.765. The van der Waals surface area contributed by atoms with Crippen LogP contribution in [0, 0.1) is 0 Å². The highest BCUT2D eigenvalue weighted by atomic mass is 32.1. The molecule has 0 aliphatic carbocycles. The first kappa shape index (κ1) is 17.7. The van der Waals surface area contributed by atoms with Crippen molar-refractivity contribution in [3.63, 3.8) is 0 Å². The van der Waals surface area contributed by atoms with Gasteiger partial charge >= 0.3 is 7.82 Å². The van der Waals surface area contributed by atoms with E-state index in [1.807, 2.05) is 0 Å². The number of imidazole rings is 1. The third-order valence-electron chi connectivity index (χ3n) is 3.40. The number of hydrogen-bond donors (Lipinski definition) is 5. The first-order valence-electron chi connectivity index (χ1n) is 6.50. The van der Waals surface area contributed by atoms with Crippen LogP contribution in [0.2, 0.25) is 0 Å². The van der Waals surface area contributed by atoms with Crippen molar-refractivity contribution in [2.75, 3.05) is 0 Å². The van der Waals surface area contributed by atoms with E-state index < -0.39 is 38.7 Å². The van der Waals surface area contributed by atoms with Crippen molar-refractivity contribution in [1.29, 1.82) is 0 Å². The van der Waals surface area contributed by atoms with E-state index >= 15 is 0 Å². The van der Waals surface area contributed by atoms with Crippen LogP contribution in [0.1, 0.15) is 6.23 Å². The van der Waals surface area contributed by atoms with E-state index in [4.69, 9.17) is 14.5 Å². The van der Waals surface area contributed by atoms with Crippen LogP contribution in [0.5, 0.6) is 0 Å². The molecule has 1 aliphatic rings. The van der Waals surface area contributed by atoms with Gasteiger partial charge in [0.1, 0.15) is 30.2 Å². The van der Waals surface area contributed by atoms with Crippen molar-refractivity contribution in [3.8, 4) is 0 Å². The van der Waals surface area contributed by atoms with Crippen molar-refractivity contribution in [2.45, 2.75) is 30.8 Å². The maximum absolute atomic E-state index is 11.0. The molecule has 1 fully saturated rings. The average Bonchev–Trinajstić information content (AvgIpc) is 3.07. The summed E-state index contributed by atoms with van der Waals surface area (Å²) in [5.74, 6) is 0. The van der Waals surface area contributed by atoms with Gasteiger partial charge in [0, 0.05) is 0 Å². The maximum Gasteiger partial charge on any atom is 0.472 e. The summed E-state index contributed by atoms with van der Waals surface area (Å²) in [6, 6.07) is 0. The molecule has 4 N–H and O–H groups in total. The molecule has 0 aromatic carbocycles. The third-order valence-corrected chi connectivity index (χ3v) is 4.09. The number of ether oxygens (including phenoxy) is 1. The molecular formula is C10H13N4O8PS. The number of aliphatic hydroxyl groups excluding tert-OH is 2. The minimum atomic E-state index is -4.94. The first-order chi connectivity index (χ1) is 11.3. The molecule has 0 radical (unpaired) electrons. The molecule has 0 spiro atoms. The highest BCUT2D eigenvalue weighted by molar-refractivity contribution is 7.75. The zero-order valence-corrected chi connectivity index (χ0v) is 13.5. The van der Waals surface area contributed by atoms with Gasteiger partial charge in [0.2, 0.25) is 6.29 Å². The Bertz CT molecular complexity index is 770. The molecule has 2 aromatic heterocycles. The first-order valence-corrected chi connectivity index (χ1v) is 8.39. The van der Waals surface area contributed by atoms with Crippen molar-refractivity contribution >= 4 is 31.9 Å². The Morgan fingerprint density at radius 1 is 1.33 bits per heavy atom. The minimum absolute atomic E-state index is 0.334. The lowest BCUT2D eigenvalue weighted by Crippen LogP contribution is -2.40. The summed E-state index contributed by atoms with van der Waals surface area (Å²) in [6.07, 6.45) is -3.29. The second-order valence-electron chi connectivity index (χ2n) is 4.93. The summed E-state index contributed by atoms with van der Waals surface area (Å²) in [5, 5.41) is 20.3. The molecule has 5 atom stereocenters. The van der Waals surface area contributed by atoms with Crippen LogP contribution in [0.4, 0.5) is 0 Å². The number of phosphoric ester groups is 1. The predicted octanol–water partition coefficient (Wildman–Crippen LogP) is -1.26. The van der Waals surface area contributed by atoms with Crippen molar-refractivity contribution in [3.05, 3.63) is 18.9 Å². The molecule has 12 nitrogen and oxygen atoms in total. The van der Waals surface area contributed by atoms with Gasteiger partial charge in [0.05, 0.1) is 12.5 Å². The Morgan fingerprint density at radius 3 is 2.75 bits per heavy atom. The van der Waals surface area contributed by atoms with E-state index in [2.05, 4.69) is 36.6 Å². The summed E-state index contributed by atoms with van der Waals surface area (Å²) >= 11 is 3.46.